The van der Waals surface area contributed by atoms with Gasteiger partial charge in [-0.2, -0.15) is 0 Å². The highest BCUT2D eigenvalue weighted by molar-refractivity contribution is 7.89. The lowest BCUT2D eigenvalue weighted by Gasteiger charge is -2.21. The summed E-state index contributed by atoms with van der Waals surface area (Å²) in [6.45, 7) is 6.74. The maximum Gasteiger partial charge on any atom is 0.244 e. The number of carbonyl (C=O) groups excluding carboxylic acids is 1. The summed E-state index contributed by atoms with van der Waals surface area (Å²) in [5, 5.41) is 2.52. The number of carbonyl (C=O) groups is 1. The van der Waals surface area contributed by atoms with E-state index in [2.05, 4.69) is 10.0 Å². The quantitative estimate of drug-likeness (QED) is 0.760. The zero-order chi connectivity index (χ0) is 17.1. The van der Waals surface area contributed by atoms with E-state index in [0.29, 0.717) is 0 Å². The Bertz CT molecular complexity index is 654. The van der Waals surface area contributed by atoms with E-state index in [1.165, 1.54) is 6.07 Å². The summed E-state index contributed by atoms with van der Waals surface area (Å²) < 4.78 is 40.6. The molecule has 22 heavy (non-hydrogen) atoms. The molecule has 4 N–H and O–H groups in total. The van der Waals surface area contributed by atoms with Gasteiger partial charge in [0.2, 0.25) is 15.9 Å². The van der Waals surface area contributed by atoms with E-state index >= 15 is 0 Å². The highest BCUT2D eigenvalue weighted by atomic mass is 32.2. The van der Waals surface area contributed by atoms with E-state index in [9.17, 15) is 17.6 Å². The maximum absolute atomic E-state index is 13.9. The van der Waals surface area contributed by atoms with Crippen molar-refractivity contribution in [2.75, 3.05) is 11.9 Å². The molecule has 0 heterocycles. The van der Waals surface area contributed by atoms with Crippen LogP contribution in [0.3, 0.4) is 0 Å². The minimum absolute atomic E-state index is 0.157. The number of hydrogen-bond acceptors (Lipinski definition) is 4. The average Bonchev–Trinajstić information content (AvgIpc) is 2.36. The predicted molar refractivity (Wildman–Crippen MR) is 83.3 cm³/mol. The molecule has 0 saturated heterocycles. The minimum Gasteiger partial charge on any atom is -0.330 e. The third kappa shape index (κ3) is 5.04. The van der Waals surface area contributed by atoms with Gasteiger partial charge in [-0.1, -0.05) is 6.92 Å². The number of sulfonamides is 1. The lowest BCUT2D eigenvalue weighted by atomic mass is 10.1. The SMILES string of the molecule is CC(CN)C(=O)Nc1ccc(F)c(S(=O)(=O)NC(C)(C)C)c1. The molecule has 0 aromatic heterocycles. The summed E-state index contributed by atoms with van der Waals surface area (Å²) in [7, 11) is -4.03. The molecule has 1 aromatic rings. The molecule has 1 unspecified atom stereocenters. The molecule has 0 aliphatic carbocycles. The van der Waals surface area contributed by atoms with Crippen LogP contribution < -0.4 is 15.8 Å². The Morgan fingerprint density at radius 1 is 1.36 bits per heavy atom. The average molecular weight is 331 g/mol. The van der Waals surface area contributed by atoms with Gasteiger partial charge in [-0.05, 0) is 39.0 Å². The van der Waals surface area contributed by atoms with Crippen LogP contribution in [0.25, 0.3) is 0 Å². The number of amides is 1. The molecule has 0 bridgehead atoms. The standard InChI is InChI=1S/C14H22FN3O3S/c1-9(8-16)13(19)17-10-5-6-11(15)12(7-10)22(20,21)18-14(2,3)4/h5-7,9,18H,8,16H2,1-4H3,(H,17,19). The molecule has 1 aromatic carbocycles. The summed E-state index contributed by atoms with van der Waals surface area (Å²) in [6, 6.07) is 3.39. The van der Waals surface area contributed by atoms with Gasteiger partial charge in [0, 0.05) is 23.7 Å². The highest BCUT2D eigenvalue weighted by Gasteiger charge is 2.25. The van der Waals surface area contributed by atoms with Crippen LogP contribution in [0, 0.1) is 11.7 Å². The number of rotatable bonds is 5. The van der Waals surface area contributed by atoms with Crippen molar-refractivity contribution in [3.63, 3.8) is 0 Å². The Labute approximate surface area is 130 Å². The molecule has 1 amide bonds. The van der Waals surface area contributed by atoms with Crippen LogP contribution in [0.1, 0.15) is 27.7 Å². The van der Waals surface area contributed by atoms with Crippen LogP contribution in [-0.2, 0) is 14.8 Å². The Morgan fingerprint density at radius 2 is 1.95 bits per heavy atom. The maximum atomic E-state index is 13.9. The van der Waals surface area contributed by atoms with Gasteiger partial charge in [0.25, 0.3) is 0 Å². The van der Waals surface area contributed by atoms with Gasteiger partial charge in [0.05, 0.1) is 0 Å². The third-order valence-corrected chi connectivity index (χ3v) is 4.50. The Hall–Kier alpha value is -1.51. The van der Waals surface area contributed by atoms with E-state index in [-0.39, 0.29) is 18.1 Å². The van der Waals surface area contributed by atoms with Gasteiger partial charge in [-0.25, -0.2) is 17.5 Å². The van der Waals surface area contributed by atoms with Crippen molar-refractivity contribution in [1.29, 1.82) is 0 Å². The van der Waals surface area contributed by atoms with E-state index < -0.39 is 32.2 Å². The van der Waals surface area contributed by atoms with Crippen molar-refractivity contribution in [1.82, 2.24) is 4.72 Å². The third-order valence-electron chi connectivity index (χ3n) is 2.73. The molecule has 1 atom stereocenters. The number of nitrogens with two attached hydrogens (primary N) is 1. The number of hydrogen-bond donors (Lipinski definition) is 3. The number of halogens is 1. The van der Waals surface area contributed by atoms with Crippen molar-refractivity contribution in [3.8, 4) is 0 Å². The van der Waals surface area contributed by atoms with Gasteiger partial charge in [0.1, 0.15) is 10.7 Å². The molecular weight excluding hydrogens is 309 g/mol. The summed E-state index contributed by atoms with van der Waals surface area (Å²) in [5.74, 6) is -1.68. The Kier molecular flexibility index (Phi) is 5.66. The molecule has 0 fully saturated rings. The fourth-order valence-electron chi connectivity index (χ4n) is 1.62. The van der Waals surface area contributed by atoms with Crippen molar-refractivity contribution < 1.29 is 17.6 Å². The molecule has 8 heteroatoms. The van der Waals surface area contributed by atoms with E-state index in [0.717, 1.165) is 12.1 Å². The first-order valence-corrected chi connectivity index (χ1v) is 8.29. The summed E-state index contributed by atoms with van der Waals surface area (Å²) >= 11 is 0. The molecule has 0 aliphatic heterocycles. The second kappa shape index (κ2) is 6.72. The summed E-state index contributed by atoms with van der Waals surface area (Å²) in [5.41, 5.74) is 4.84. The minimum atomic E-state index is -4.03. The lowest BCUT2D eigenvalue weighted by molar-refractivity contribution is -0.119. The van der Waals surface area contributed by atoms with Gasteiger partial charge < -0.3 is 11.1 Å². The van der Waals surface area contributed by atoms with E-state index in [4.69, 9.17) is 5.73 Å². The van der Waals surface area contributed by atoms with Crippen LogP contribution in [0.4, 0.5) is 10.1 Å². The van der Waals surface area contributed by atoms with Gasteiger partial charge >= 0.3 is 0 Å². The van der Waals surface area contributed by atoms with Crippen LogP contribution in [0.5, 0.6) is 0 Å². The van der Waals surface area contributed by atoms with Crippen LogP contribution >= 0.6 is 0 Å². The molecule has 6 nitrogen and oxygen atoms in total. The first-order valence-electron chi connectivity index (χ1n) is 6.81. The van der Waals surface area contributed by atoms with Crippen molar-refractivity contribution >= 4 is 21.6 Å². The Balaban J connectivity index is 3.13. The molecule has 0 saturated carbocycles. The zero-order valence-electron chi connectivity index (χ0n) is 13.1. The van der Waals surface area contributed by atoms with E-state index in [1.807, 2.05) is 0 Å². The normalized spacial score (nSPS) is 13.7. The second-order valence-electron chi connectivity index (χ2n) is 6.13. The van der Waals surface area contributed by atoms with Crippen LogP contribution in [0.15, 0.2) is 23.1 Å². The summed E-state index contributed by atoms with van der Waals surface area (Å²) in [6.07, 6.45) is 0. The number of nitrogens with one attached hydrogen (secondary N) is 2. The van der Waals surface area contributed by atoms with E-state index in [1.54, 1.807) is 27.7 Å². The monoisotopic (exact) mass is 331 g/mol. The van der Waals surface area contributed by atoms with Crippen LogP contribution in [0.2, 0.25) is 0 Å². The highest BCUT2D eigenvalue weighted by Crippen LogP contribution is 2.21. The van der Waals surface area contributed by atoms with Crippen LogP contribution in [-0.4, -0.2) is 26.4 Å². The second-order valence-corrected chi connectivity index (χ2v) is 7.78. The molecule has 1 rings (SSSR count). The van der Waals surface area contributed by atoms with Gasteiger partial charge in [0.15, 0.2) is 0 Å². The first kappa shape index (κ1) is 18.5. The van der Waals surface area contributed by atoms with Crippen molar-refractivity contribution in [3.05, 3.63) is 24.0 Å². The Morgan fingerprint density at radius 3 is 2.45 bits per heavy atom. The number of benzene rings is 1. The smallest absolute Gasteiger partial charge is 0.244 e. The molecule has 0 spiro atoms. The van der Waals surface area contributed by atoms with Crippen molar-refractivity contribution in [2.45, 2.75) is 38.1 Å². The molecule has 0 aliphatic rings. The molecule has 124 valence electrons. The first-order chi connectivity index (χ1) is 9.96. The molecular formula is C14H22FN3O3S. The number of anilines is 1. The fraction of sp³-hybridized carbons (Fsp3) is 0.500. The predicted octanol–water partition coefficient (Wildman–Crippen LogP) is 1.44. The largest absolute Gasteiger partial charge is 0.330 e. The fourth-order valence-corrected chi connectivity index (χ4v) is 3.14. The van der Waals surface area contributed by atoms with Gasteiger partial charge in [-0.3, -0.25) is 4.79 Å². The van der Waals surface area contributed by atoms with Crippen molar-refractivity contribution in [2.24, 2.45) is 11.7 Å². The zero-order valence-corrected chi connectivity index (χ0v) is 13.9. The topological polar surface area (TPSA) is 101 Å². The summed E-state index contributed by atoms with van der Waals surface area (Å²) in [4.78, 5) is 11.3. The van der Waals surface area contributed by atoms with Gasteiger partial charge in [-0.15, -0.1) is 0 Å². The lowest BCUT2D eigenvalue weighted by Crippen LogP contribution is -2.40. The molecule has 0 radical (unpaired) electrons.